The summed E-state index contributed by atoms with van der Waals surface area (Å²) in [5, 5.41) is 0.602. The second-order valence-corrected chi connectivity index (χ2v) is 8.84. The molecule has 0 aliphatic carbocycles. The second kappa shape index (κ2) is 6.30. The number of hydrogen-bond donors (Lipinski definition) is 0. The topological polar surface area (TPSA) is 72.3 Å². The van der Waals surface area contributed by atoms with Crippen molar-refractivity contribution in [2.45, 2.75) is 59.4 Å². The van der Waals surface area contributed by atoms with E-state index in [4.69, 9.17) is 0 Å². The van der Waals surface area contributed by atoms with E-state index in [2.05, 4.69) is 18.8 Å². The number of aryl methyl sites for hydroxylation is 2. The molecule has 7 heteroatoms. The summed E-state index contributed by atoms with van der Waals surface area (Å²) in [7, 11) is 1.48. The molecule has 3 rings (SSSR count). The first-order chi connectivity index (χ1) is 12.1. The van der Waals surface area contributed by atoms with Gasteiger partial charge in [-0.15, -0.1) is 11.3 Å². The number of likely N-dealkylation sites (N-methyl/N-ethyl adjacent to an activating group) is 1. The van der Waals surface area contributed by atoms with E-state index in [0.29, 0.717) is 23.5 Å². The number of fused-ring (bicyclic) bond motifs is 1. The van der Waals surface area contributed by atoms with Crippen molar-refractivity contribution < 1.29 is 9.59 Å². The normalized spacial score (nSPS) is 21.3. The monoisotopic (exact) mass is 375 g/mol. The highest BCUT2D eigenvalue weighted by Crippen LogP contribution is 2.33. The summed E-state index contributed by atoms with van der Waals surface area (Å²) in [6.07, 6.45) is 1.45. The zero-order chi connectivity index (χ0) is 19.4. The molecule has 1 unspecified atom stereocenters. The third kappa shape index (κ3) is 2.69. The van der Waals surface area contributed by atoms with Crippen molar-refractivity contribution in [1.82, 2.24) is 14.5 Å². The van der Waals surface area contributed by atoms with Crippen LogP contribution in [0.5, 0.6) is 0 Å². The lowest BCUT2D eigenvalue weighted by Crippen LogP contribution is -2.57. The van der Waals surface area contributed by atoms with Gasteiger partial charge in [0.05, 0.1) is 5.39 Å². The Labute approximate surface area is 156 Å². The Balaban J connectivity index is 2.24. The minimum atomic E-state index is -1.09. The smallest absolute Gasteiger partial charge is 0.263 e. The summed E-state index contributed by atoms with van der Waals surface area (Å²) in [5.74, 6) is 0.439. The summed E-state index contributed by atoms with van der Waals surface area (Å²) in [5.41, 5.74) is -0.312. The van der Waals surface area contributed by atoms with Crippen LogP contribution >= 0.6 is 11.3 Å². The van der Waals surface area contributed by atoms with Crippen LogP contribution in [0.1, 0.15) is 49.9 Å². The number of aromatic nitrogens is 2. The van der Waals surface area contributed by atoms with Gasteiger partial charge in [0.25, 0.3) is 11.5 Å². The van der Waals surface area contributed by atoms with Gasteiger partial charge in [-0.25, -0.2) is 4.98 Å². The Morgan fingerprint density at radius 3 is 2.50 bits per heavy atom. The number of amides is 2. The lowest BCUT2D eigenvalue weighted by atomic mass is 9.89. The molecule has 2 amide bonds. The minimum Gasteiger partial charge on any atom is -0.284 e. The maximum Gasteiger partial charge on any atom is 0.263 e. The molecule has 1 fully saturated rings. The maximum atomic E-state index is 13.4. The van der Waals surface area contributed by atoms with Crippen LogP contribution in [-0.4, -0.2) is 33.3 Å². The van der Waals surface area contributed by atoms with Crippen LogP contribution in [0.2, 0.25) is 0 Å². The molecule has 2 aromatic rings. The van der Waals surface area contributed by atoms with Crippen molar-refractivity contribution in [3.63, 3.8) is 0 Å². The lowest BCUT2D eigenvalue weighted by molar-refractivity contribution is -0.154. The molecule has 3 heterocycles. The van der Waals surface area contributed by atoms with Gasteiger partial charge in [0.1, 0.15) is 16.2 Å². The molecule has 140 valence electrons. The summed E-state index contributed by atoms with van der Waals surface area (Å²) >= 11 is 1.56. The number of rotatable bonds is 3. The van der Waals surface area contributed by atoms with Gasteiger partial charge in [-0.3, -0.25) is 23.9 Å². The van der Waals surface area contributed by atoms with Gasteiger partial charge >= 0.3 is 0 Å². The van der Waals surface area contributed by atoms with Crippen molar-refractivity contribution in [3.05, 3.63) is 26.6 Å². The fourth-order valence-electron chi connectivity index (χ4n) is 3.78. The second-order valence-electron chi connectivity index (χ2n) is 7.76. The van der Waals surface area contributed by atoms with Crippen molar-refractivity contribution in [3.8, 4) is 0 Å². The van der Waals surface area contributed by atoms with E-state index >= 15 is 0 Å². The minimum absolute atomic E-state index is 0.185. The molecule has 0 N–H and O–H groups in total. The largest absolute Gasteiger partial charge is 0.284 e. The van der Waals surface area contributed by atoms with E-state index in [1.165, 1.54) is 16.5 Å². The Hall–Kier alpha value is -2.02. The zero-order valence-electron chi connectivity index (χ0n) is 16.2. The third-order valence-corrected chi connectivity index (χ3v) is 6.49. The van der Waals surface area contributed by atoms with Gasteiger partial charge in [-0.1, -0.05) is 13.8 Å². The highest BCUT2D eigenvalue weighted by atomic mass is 32.1. The molecule has 1 atom stereocenters. The zero-order valence-corrected chi connectivity index (χ0v) is 17.0. The Bertz CT molecular complexity index is 973. The number of nitrogens with zero attached hydrogens (tertiary/aromatic N) is 3. The SMILES string of the molecule is Cc1c(CC(C)C)sc2nc(C)n(C3(C)CCC(=O)N(C)C3=O)c(=O)c12. The third-order valence-electron chi connectivity index (χ3n) is 5.28. The van der Waals surface area contributed by atoms with Gasteiger partial charge in [-0.05, 0) is 45.1 Å². The molecule has 26 heavy (non-hydrogen) atoms. The summed E-state index contributed by atoms with van der Waals surface area (Å²) < 4.78 is 1.50. The van der Waals surface area contributed by atoms with Crippen LogP contribution in [0.15, 0.2) is 4.79 Å². The van der Waals surface area contributed by atoms with E-state index in [0.717, 1.165) is 21.7 Å². The van der Waals surface area contributed by atoms with Crippen LogP contribution in [0.3, 0.4) is 0 Å². The number of carbonyl (C=O) groups is 2. The van der Waals surface area contributed by atoms with Gasteiger partial charge in [0.2, 0.25) is 5.91 Å². The average molecular weight is 375 g/mol. The highest BCUT2D eigenvalue weighted by Gasteiger charge is 2.45. The lowest BCUT2D eigenvalue weighted by Gasteiger charge is -2.38. The van der Waals surface area contributed by atoms with E-state index in [-0.39, 0.29) is 23.8 Å². The number of carbonyl (C=O) groups excluding carboxylic acids is 2. The molecular formula is C19H25N3O3S. The van der Waals surface area contributed by atoms with E-state index in [1.807, 2.05) is 6.92 Å². The first-order valence-electron chi connectivity index (χ1n) is 8.91. The van der Waals surface area contributed by atoms with Gasteiger partial charge in [-0.2, -0.15) is 0 Å². The Morgan fingerprint density at radius 1 is 1.23 bits per heavy atom. The standard InChI is InChI=1S/C19H25N3O3S/c1-10(2)9-13-11(3)15-16(26-13)20-12(4)22(17(15)24)19(5)8-7-14(23)21(6)18(19)25/h10H,7-9H2,1-6H3. The van der Waals surface area contributed by atoms with E-state index in [1.54, 1.807) is 25.2 Å². The van der Waals surface area contributed by atoms with Crippen LogP contribution in [0, 0.1) is 19.8 Å². The molecular weight excluding hydrogens is 350 g/mol. The summed E-state index contributed by atoms with van der Waals surface area (Å²) in [4.78, 5) is 45.8. The number of likely N-dealkylation sites (tertiary alicyclic amines) is 1. The van der Waals surface area contributed by atoms with Crippen molar-refractivity contribution in [1.29, 1.82) is 0 Å². The van der Waals surface area contributed by atoms with Crippen LogP contribution in [0.4, 0.5) is 0 Å². The average Bonchev–Trinajstić information content (AvgIpc) is 2.84. The predicted octanol–water partition coefficient (Wildman–Crippen LogP) is 2.77. The van der Waals surface area contributed by atoms with Crippen LogP contribution in [0.25, 0.3) is 10.2 Å². The summed E-state index contributed by atoms with van der Waals surface area (Å²) in [6.45, 7) is 9.74. The van der Waals surface area contributed by atoms with Gasteiger partial charge < -0.3 is 0 Å². The molecule has 1 saturated heterocycles. The molecule has 0 radical (unpaired) electrons. The van der Waals surface area contributed by atoms with E-state index < -0.39 is 5.54 Å². The first-order valence-corrected chi connectivity index (χ1v) is 9.72. The van der Waals surface area contributed by atoms with Crippen molar-refractivity contribution in [2.24, 2.45) is 5.92 Å². The fraction of sp³-hybridized carbons (Fsp3) is 0.579. The first kappa shape index (κ1) is 18.8. The maximum absolute atomic E-state index is 13.4. The molecule has 2 aromatic heterocycles. The number of hydrogen-bond acceptors (Lipinski definition) is 5. The van der Waals surface area contributed by atoms with Gasteiger partial charge in [0.15, 0.2) is 0 Å². The highest BCUT2D eigenvalue weighted by molar-refractivity contribution is 7.18. The molecule has 0 aromatic carbocycles. The summed E-state index contributed by atoms with van der Waals surface area (Å²) in [6, 6.07) is 0. The number of thiophene rings is 1. The fourth-order valence-corrected chi connectivity index (χ4v) is 5.21. The number of piperidine rings is 1. The van der Waals surface area contributed by atoms with Crippen LogP contribution < -0.4 is 5.56 Å². The van der Waals surface area contributed by atoms with Gasteiger partial charge in [0, 0.05) is 18.3 Å². The van der Waals surface area contributed by atoms with Crippen molar-refractivity contribution >= 4 is 33.4 Å². The molecule has 0 spiro atoms. The predicted molar refractivity (Wildman–Crippen MR) is 103 cm³/mol. The van der Waals surface area contributed by atoms with Crippen molar-refractivity contribution in [2.75, 3.05) is 7.05 Å². The Kier molecular flexibility index (Phi) is 4.55. The molecule has 0 bridgehead atoms. The van der Waals surface area contributed by atoms with Crippen LogP contribution in [-0.2, 0) is 21.5 Å². The number of imide groups is 1. The molecule has 1 aliphatic heterocycles. The molecule has 0 saturated carbocycles. The Morgan fingerprint density at radius 2 is 1.88 bits per heavy atom. The molecule has 6 nitrogen and oxygen atoms in total. The molecule has 1 aliphatic rings. The van der Waals surface area contributed by atoms with E-state index in [9.17, 15) is 14.4 Å². The quantitative estimate of drug-likeness (QED) is 0.774.